The van der Waals surface area contributed by atoms with Gasteiger partial charge in [0.25, 0.3) is 0 Å². The predicted molar refractivity (Wildman–Crippen MR) is 60.8 cm³/mol. The summed E-state index contributed by atoms with van der Waals surface area (Å²) in [5.74, 6) is -0.810. The van der Waals surface area contributed by atoms with Crippen LogP contribution in [-0.4, -0.2) is 26.6 Å². The van der Waals surface area contributed by atoms with E-state index < -0.39 is 20.0 Å². The molecule has 0 radical (unpaired) electrons. The zero-order valence-corrected chi connectivity index (χ0v) is 11.3. The summed E-state index contributed by atoms with van der Waals surface area (Å²) < 4.78 is 2.96. The molecule has 0 fully saturated rings. The third-order valence-electron chi connectivity index (χ3n) is 1.39. The number of rotatable bonds is 4. The maximum atomic E-state index is 11.4. The molecule has 84 valence electrons. The Balaban J connectivity index is 4.61. The first-order valence-corrected chi connectivity index (χ1v) is 5.65. The first-order valence-electron chi connectivity index (χ1n) is 3.71. The van der Waals surface area contributed by atoms with Crippen LogP contribution in [0.15, 0.2) is 0 Å². The van der Waals surface area contributed by atoms with Crippen LogP contribution in [-0.2, 0) is 9.53 Å². The Hall–Kier alpha value is 1.08. The molecule has 0 rings (SSSR count). The molecule has 0 aromatic rings. The van der Waals surface area contributed by atoms with Crippen LogP contribution in [0, 0.1) is 0 Å². The molecule has 2 atom stereocenters. The summed E-state index contributed by atoms with van der Waals surface area (Å²) in [6.07, 6.45) is 0. The molecule has 0 aliphatic carbocycles. The Labute approximate surface area is 108 Å². The molecule has 0 saturated heterocycles. The van der Waals surface area contributed by atoms with Gasteiger partial charge < -0.3 is 4.74 Å². The fraction of sp³-hybridized carbons (Fsp3) is 0.857. The number of alkyl halides is 5. The molecule has 0 amide bonds. The van der Waals surface area contributed by atoms with Crippen LogP contribution in [0.2, 0.25) is 0 Å². The third kappa shape index (κ3) is 4.30. The second-order valence-electron chi connectivity index (χ2n) is 2.64. The van der Waals surface area contributed by atoms with Crippen molar-refractivity contribution < 1.29 is 9.53 Å². The molecule has 0 N–H and O–H groups in total. The number of carbonyl (C=O) groups excluding carboxylic acids is 1. The second kappa shape index (κ2) is 5.42. The van der Waals surface area contributed by atoms with Gasteiger partial charge in [-0.3, -0.25) is 4.79 Å². The highest BCUT2D eigenvalue weighted by atomic mass is 35.6. The minimum atomic E-state index is -2.08. The van der Waals surface area contributed by atoms with Gasteiger partial charge in [0, 0.05) is 6.61 Å². The van der Waals surface area contributed by atoms with E-state index in [1.807, 2.05) is 0 Å². The topological polar surface area (TPSA) is 26.3 Å². The first-order chi connectivity index (χ1) is 6.13. The highest BCUT2D eigenvalue weighted by Gasteiger charge is 2.45. The van der Waals surface area contributed by atoms with Crippen molar-refractivity contribution in [2.75, 3.05) is 6.61 Å². The fourth-order valence-electron chi connectivity index (χ4n) is 0.733. The van der Waals surface area contributed by atoms with Crippen molar-refractivity contribution in [2.24, 2.45) is 0 Å². The monoisotopic (exact) mass is 300 g/mol. The second-order valence-corrected chi connectivity index (χ2v) is 6.11. The maximum absolute atomic E-state index is 11.4. The van der Waals surface area contributed by atoms with E-state index in [1.54, 1.807) is 6.92 Å². The SMILES string of the molecule is CCOC(C)(Cl)C(Cl)C(=O)C(Cl)(Cl)Cl. The standard InChI is InChI=1S/C7H9Cl5O2/c1-3-14-6(2,9)4(8)5(13)7(10,11)12/h4H,3H2,1-2H3. The van der Waals surface area contributed by atoms with E-state index in [9.17, 15) is 4.79 Å². The van der Waals surface area contributed by atoms with Crippen LogP contribution in [0.1, 0.15) is 13.8 Å². The predicted octanol–water partition coefficient (Wildman–Crippen LogP) is 3.52. The number of ether oxygens (including phenoxy) is 1. The van der Waals surface area contributed by atoms with Gasteiger partial charge in [-0.2, -0.15) is 0 Å². The number of Topliss-reactive ketones (excluding diaryl/α,β-unsaturated/α-hetero) is 1. The summed E-state index contributed by atoms with van der Waals surface area (Å²) in [6.45, 7) is 3.45. The molecule has 0 aliphatic heterocycles. The van der Waals surface area contributed by atoms with E-state index >= 15 is 0 Å². The summed E-state index contributed by atoms with van der Waals surface area (Å²) in [5.41, 5.74) is 0. The number of hydrogen-bond donors (Lipinski definition) is 0. The van der Waals surface area contributed by atoms with Gasteiger partial charge in [-0.05, 0) is 13.8 Å². The third-order valence-corrected chi connectivity index (χ3v) is 3.00. The quantitative estimate of drug-likeness (QED) is 0.743. The number of carbonyl (C=O) groups is 1. The van der Waals surface area contributed by atoms with Crippen LogP contribution in [0.4, 0.5) is 0 Å². The minimum absolute atomic E-state index is 0.302. The van der Waals surface area contributed by atoms with E-state index in [1.165, 1.54) is 6.92 Å². The van der Waals surface area contributed by atoms with Gasteiger partial charge in [0.2, 0.25) is 9.58 Å². The van der Waals surface area contributed by atoms with Gasteiger partial charge in [0.15, 0.2) is 5.06 Å². The zero-order valence-electron chi connectivity index (χ0n) is 7.49. The molecule has 0 spiro atoms. The Bertz CT molecular complexity index is 211. The number of hydrogen-bond acceptors (Lipinski definition) is 2. The van der Waals surface area contributed by atoms with Gasteiger partial charge in [-0.15, -0.1) is 11.6 Å². The largest absolute Gasteiger partial charge is 0.358 e. The lowest BCUT2D eigenvalue weighted by molar-refractivity contribution is -0.121. The molecule has 2 unspecified atom stereocenters. The molecular formula is C7H9Cl5O2. The minimum Gasteiger partial charge on any atom is -0.358 e. The summed E-state index contributed by atoms with van der Waals surface area (Å²) in [7, 11) is 0. The van der Waals surface area contributed by atoms with Crippen molar-refractivity contribution in [1.29, 1.82) is 0 Å². The fourth-order valence-corrected chi connectivity index (χ4v) is 1.66. The van der Waals surface area contributed by atoms with E-state index in [4.69, 9.17) is 62.7 Å². The normalized spacial score (nSPS) is 18.8. The molecule has 0 aliphatic rings. The highest BCUT2D eigenvalue weighted by Crippen LogP contribution is 2.36. The van der Waals surface area contributed by atoms with Gasteiger partial charge in [-0.25, -0.2) is 0 Å². The molecule has 2 nitrogen and oxygen atoms in total. The summed E-state index contributed by atoms with van der Waals surface area (Å²) in [5, 5.41) is -2.60. The molecule has 0 bridgehead atoms. The van der Waals surface area contributed by atoms with Crippen LogP contribution in [0.25, 0.3) is 0 Å². The van der Waals surface area contributed by atoms with Crippen LogP contribution >= 0.6 is 58.0 Å². The molecular weight excluding hydrogens is 293 g/mol. The van der Waals surface area contributed by atoms with Crippen LogP contribution in [0.5, 0.6) is 0 Å². The van der Waals surface area contributed by atoms with Gasteiger partial charge in [0.05, 0.1) is 0 Å². The molecule has 14 heavy (non-hydrogen) atoms. The van der Waals surface area contributed by atoms with Crippen molar-refractivity contribution in [3.63, 3.8) is 0 Å². The molecule has 0 aromatic heterocycles. The molecule has 0 heterocycles. The highest BCUT2D eigenvalue weighted by molar-refractivity contribution is 6.77. The van der Waals surface area contributed by atoms with Crippen molar-refractivity contribution in [3.8, 4) is 0 Å². The van der Waals surface area contributed by atoms with E-state index in [0.29, 0.717) is 6.61 Å². The van der Waals surface area contributed by atoms with E-state index in [0.717, 1.165) is 0 Å². The van der Waals surface area contributed by atoms with Crippen molar-refractivity contribution in [3.05, 3.63) is 0 Å². The lowest BCUT2D eigenvalue weighted by Gasteiger charge is -2.28. The number of ketones is 1. The van der Waals surface area contributed by atoms with Gasteiger partial charge in [0.1, 0.15) is 5.38 Å². The van der Waals surface area contributed by atoms with E-state index in [2.05, 4.69) is 0 Å². The average Bonchev–Trinajstić information content (AvgIpc) is 2.00. The van der Waals surface area contributed by atoms with Gasteiger partial charge >= 0.3 is 0 Å². The summed E-state index contributed by atoms with van der Waals surface area (Å²) in [6, 6.07) is 0. The summed E-state index contributed by atoms with van der Waals surface area (Å²) >= 11 is 27.7. The van der Waals surface area contributed by atoms with E-state index in [-0.39, 0.29) is 0 Å². The lowest BCUT2D eigenvalue weighted by atomic mass is 10.2. The molecule has 7 heteroatoms. The Morgan fingerprint density at radius 2 is 1.79 bits per heavy atom. The number of halogens is 5. The molecule has 0 saturated carbocycles. The van der Waals surface area contributed by atoms with Crippen molar-refractivity contribution in [1.82, 2.24) is 0 Å². The van der Waals surface area contributed by atoms with Crippen molar-refractivity contribution >= 4 is 63.8 Å². The average molecular weight is 302 g/mol. The maximum Gasteiger partial charge on any atom is 0.250 e. The zero-order chi connectivity index (χ0) is 11.6. The van der Waals surface area contributed by atoms with Crippen molar-refractivity contribution in [2.45, 2.75) is 28.1 Å². The summed E-state index contributed by atoms with van der Waals surface area (Å²) in [4.78, 5) is 11.4. The Kier molecular flexibility index (Phi) is 5.84. The van der Waals surface area contributed by atoms with Gasteiger partial charge in [-0.1, -0.05) is 46.4 Å². The Morgan fingerprint density at radius 1 is 1.36 bits per heavy atom. The van der Waals surface area contributed by atoms with Crippen LogP contribution < -0.4 is 0 Å². The molecule has 0 aromatic carbocycles. The first kappa shape index (κ1) is 15.1. The lowest BCUT2D eigenvalue weighted by Crippen LogP contribution is -2.43. The Morgan fingerprint density at radius 3 is 2.07 bits per heavy atom. The smallest absolute Gasteiger partial charge is 0.250 e. The van der Waals surface area contributed by atoms with Crippen LogP contribution in [0.3, 0.4) is 0 Å².